The van der Waals surface area contributed by atoms with Crippen LogP contribution in [0.15, 0.2) is 121 Å². The van der Waals surface area contributed by atoms with Crippen LogP contribution in [-0.2, 0) is 24.3 Å². The zero-order chi connectivity index (χ0) is 20.7. The number of aryl methyl sites for hydroxylation is 2. The molecule has 0 nitrogen and oxygen atoms in total. The van der Waals surface area contributed by atoms with Crippen molar-refractivity contribution in [2.24, 2.45) is 0 Å². The third kappa shape index (κ3) is 8.94. The number of hydrogen-bond donors (Lipinski definition) is 0. The van der Waals surface area contributed by atoms with E-state index >= 15 is 0 Å². The average Bonchev–Trinajstić information content (AvgIpc) is 2.84. The molecule has 0 N–H and O–H groups in total. The van der Waals surface area contributed by atoms with Crippen molar-refractivity contribution in [3.63, 3.8) is 0 Å². The van der Waals surface area contributed by atoms with Crippen LogP contribution in [0.2, 0.25) is 0 Å². The lowest BCUT2D eigenvalue weighted by molar-refractivity contribution is 0.960. The van der Waals surface area contributed by atoms with E-state index < -0.39 is 0 Å². The largest absolute Gasteiger partial charge is 0.0890 e. The first-order valence-corrected chi connectivity index (χ1v) is 12.8. The van der Waals surface area contributed by atoms with E-state index in [0.29, 0.717) is 0 Å². The van der Waals surface area contributed by atoms with Crippen molar-refractivity contribution >= 4 is 21.6 Å². The highest BCUT2D eigenvalue weighted by atomic mass is 33.1. The molecule has 0 saturated carbocycles. The Morgan fingerprint density at radius 3 is 0.900 bits per heavy atom. The van der Waals surface area contributed by atoms with Gasteiger partial charge in [0.2, 0.25) is 0 Å². The van der Waals surface area contributed by atoms with E-state index in [1.165, 1.54) is 22.3 Å². The van der Waals surface area contributed by atoms with Gasteiger partial charge in [0, 0.05) is 11.5 Å². The molecular weight excluding hydrogens is 400 g/mol. The van der Waals surface area contributed by atoms with Gasteiger partial charge in [-0.3, -0.25) is 0 Å². The summed E-state index contributed by atoms with van der Waals surface area (Å²) >= 11 is 0. The predicted molar refractivity (Wildman–Crippen MR) is 136 cm³/mol. The monoisotopic (exact) mass is 428 g/mol. The quantitative estimate of drug-likeness (QED) is 0.205. The minimum absolute atomic E-state index is 1.08. The summed E-state index contributed by atoms with van der Waals surface area (Å²) in [5.74, 6) is 2.16. The molecule has 0 saturated heterocycles. The molecule has 0 aliphatic heterocycles. The Labute approximate surface area is 189 Å². The van der Waals surface area contributed by atoms with E-state index in [1.54, 1.807) is 0 Å². The van der Waals surface area contributed by atoms with Gasteiger partial charge in [-0.2, -0.15) is 0 Å². The highest BCUT2D eigenvalue weighted by Gasteiger charge is 1.95. The molecule has 4 rings (SSSR count). The zero-order valence-electron chi connectivity index (χ0n) is 17.2. The van der Waals surface area contributed by atoms with Gasteiger partial charge in [-0.15, -0.1) is 0 Å². The first-order valence-electron chi connectivity index (χ1n) is 10.3. The molecule has 0 spiro atoms. The molecule has 152 valence electrons. The second-order valence-corrected chi connectivity index (χ2v) is 9.43. The molecule has 2 heteroatoms. The SMILES string of the molecule is c1ccc(CCc2ccccc2)cc1.c1ccc(CSSCc2ccccc2)cc1. The van der Waals surface area contributed by atoms with Gasteiger partial charge in [0.15, 0.2) is 0 Å². The van der Waals surface area contributed by atoms with Crippen LogP contribution in [0, 0.1) is 0 Å². The molecule has 0 aliphatic carbocycles. The standard InChI is InChI=1S/C14H14S2.C14H14/c1-3-7-13(8-4-1)11-15-16-12-14-9-5-2-6-10-14;1-3-7-13(8-4-1)11-12-14-9-5-2-6-10-14/h1-10H,11-12H2;1-10H,11-12H2. The Morgan fingerprint density at radius 2 is 0.600 bits per heavy atom. The third-order valence-electron chi connectivity index (χ3n) is 4.61. The summed E-state index contributed by atoms with van der Waals surface area (Å²) in [4.78, 5) is 0. The lowest BCUT2D eigenvalue weighted by atomic mass is 10.0. The van der Waals surface area contributed by atoms with Crippen molar-refractivity contribution in [2.75, 3.05) is 0 Å². The first-order chi connectivity index (χ1) is 14.9. The van der Waals surface area contributed by atoms with Crippen LogP contribution in [0.25, 0.3) is 0 Å². The van der Waals surface area contributed by atoms with E-state index in [-0.39, 0.29) is 0 Å². The van der Waals surface area contributed by atoms with E-state index in [1.807, 2.05) is 21.6 Å². The summed E-state index contributed by atoms with van der Waals surface area (Å²) in [6.45, 7) is 0. The molecule has 4 aromatic carbocycles. The molecule has 0 unspecified atom stereocenters. The van der Waals surface area contributed by atoms with Crippen molar-refractivity contribution < 1.29 is 0 Å². The van der Waals surface area contributed by atoms with E-state index in [4.69, 9.17) is 0 Å². The minimum atomic E-state index is 1.08. The van der Waals surface area contributed by atoms with Crippen LogP contribution < -0.4 is 0 Å². The molecule has 0 radical (unpaired) electrons. The van der Waals surface area contributed by atoms with Crippen molar-refractivity contribution in [2.45, 2.75) is 24.3 Å². The third-order valence-corrected chi connectivity index (χ3v) is 6.88. The fourth-order valence-corrected chi connectivity index (χ4v) is 5.09. The maximum atomic E-state index is 2.18. The van der Waals surface area contributed by atoms with Crippen molar-refractivity contribution in [1.29, 1.82) is 0 Å². The van der Waals surface area contributed by atoms with Crippen LogP contribution in [0.4, 0.5) is 0 Å². The predicted octanol–water partition coefficient (Wildman–Crippen LogP) is 8.24. The topological polar surface area (TPSA) is 0 Å². The molecule has 0 aliphatic rings. The second-order valence-electron chi connectivity index (χ2n) is 6.97. The van der Waals surface area contributed by atoms with Crippen LogP contribution >= 0.6 is 21.6 Å². The highest BCUT2D eigenvalue weighted by Crippen LogP contribution is 2.29. The van der Waals surface area contributed by atoms with E-state index in [0.717, 1.165) is 24.3 Å². The number of rotatable bonds is 8. The Kier molecular flexibility index (Phi) is 10.2. The molecule has 0 amide bonds. The highest BCUT2D eigenvalue weighted by molar-refractivity contribution is 8.76. The van der Waals surface area contributed by atoms with Crippen molar-refractivity contribution in [3.8, 4) is 0 Å². The molecule has 0 heterocycles. The van der Waals surface area contributed by atoms with Gasteiger partial charge in [0.05, 0.1) is 0 Å². The Balaban J connectivity index is 0.000000172. The van der Waals surface area contributed by atoms with Gasteiger partial charge < -0.3 is 0 Å². The van der Waals surface area contributed by atoms with Gasteiger partial charge in [-0.1, -0.05) is 143 Å². The first kappa shape index (κ1) is 22.3. The van der Waals surface area contributed by atoms with Gasteiger partial charge in [-0.05, 0) is 35.1 Å². The zero-order valence-corrected chi connectivity index (χ0v) is 18.8. The molecule has 4 aromatic rings. The van der Waals surface area contributed by atoms with Crippen LogP contribution in [0.1, 0.15) is 22.3 Å². The van der Waals surface area contributed by atoms with Crippen LogP contribution in [-0.4, -0.2) is 0 Å². The van der Waals surface area contributed by atoms with Gasteiger partial charge >= 0.3 is 0 Å². The summed E-state index contributed by atoms with van der Waals surface area (Å²) in [7, 11) is 3.84. The van der Waals surface area contributed by atoms with Gasteiger partial charge in [0.1, 0.15) is 0 Å². The fraction of sp³-hybridized carbons (Fsp3) is 0.143. The molecule has 0 fully saturated rings. The molecule has 30 heavy (non-hydrogen) atoms. The Bertz CT molecular complexity index is 842. The summed E-state index contributed by atoms with van der Waals surface area (Å²) < 4.78 is 0. The second kappa shape index (κ2) is 13.7. The van der Waals surface area contributed by atoms with E-state index in [9.17, 15) is 0 Å². The summed E-state index contributed by atoms with van der Waals surface area (Å²) in [5, 5.41) is 0. The lowest BCUT2D eigenvalue weighted by Gasteiger charge is -2.01. The van der Waals surface area contributed by atoms with Crippen molar-refractivity contribution in [3.05, 3.63) is 144 Å². The molecule has 0 atom stereocenters. The van der Waals surface area contributed by atoms with E-state index in [2.05, 4.69) is 121 Å². The molecule has 0 bridgehead atoms. The van der Waals surface area contributed by atoms with Crippen LogP contribution in [0.3, 0.4) is 0 Å². The normalized spacial score (nSPS) is 10.1. The maximum absolute atomic E-state index is 2.18. The number of hydrogen-bond acceptors (Lipinski definition) is 2. The van der Waals surface area contributed by atoms with Crippen LogP contribution in [0.5, 0.6) is 0 Å². The fourth-order valence-electron chi connectivity index (χ4n) is 2.95. The molecular formula is C28H28S2. The molecule has 0 aromatic heterocycles. The summed E-state index contributed by atoms with van der Waals surface area (Å²) in [6.07, 6.45) is 2.26. The van der Waals surface area contributed by atoms with Gasteiger partial charge in [0.25, 0.3) is 0 Å². The smallest absolute Gasteiger partial charge is 0.0288 e. The summed E-state index contributed by atoms with van der Waals surface area (Å²) in [6, 6.07) is 42.5. The lowest BCUT2D eigenvalue weighted by Crippen LogP contribution is -1.89. The van der Waals surface area contributed by atoms with Crippen molar-refractivity contribution in [1.82, 2.24) is 0 Å². The maximum Gasteiger partial charge on any atom is 0.0288 e. The summed E-state index contributed by atoms with van der Waals surface area (Å²) in [5.41, 5.74) is 5.62. The number of benzene rings is 4. The van der Waals surface area contributed by atoms with Gasteiger partial charge in [-0.25, -0.2) is 0 Å². The Morgan fingerprint density at radius 1 is 0.333 bits per heavy atom. The minimum Gasteiger partial charge on any atom is -0.0890 e. The Hall–Kier alpha value is -2.42. The average molecular weight is 429 g/mol.